The third-order valence-electron chi connectivity index (χ3n) is 8.67. The fourth-order valence-electron chi connectivity index (χ4n) is 6.57. The summed E-state index contributed by atoms with van der Waals surface area (Å²) >= 11 is 12.9. The lowest BCUT2D eigenvalue weighted by molar-refractivity contribution is -0.139. The second-order valence-corrected chi connectivity index (χ2v) is 12.0. The van der Waals surface area contributed by atoms with Crippen molar-refractivity contribution in [3.63, 3.8) is 0 Å². The molecule has 39 heavy (non-hydrogen) atoms. The first-order valence-corrected chi connectivity index (χ1v) is 14.2. The number of hydrogen-bond acceptors (Lipinski definition) is 7. The molecule has 0 aliphatic carbocycles. The van der Waals surface area contributed by atoms with Gasteiger partial charge in [0.1, 0.15) is 18.2 Å². The van der Waals surface area contributed by atoms with Crippen LogP contribution in [0.15, 0.2) is 30.9 Å². The van der Waals surface area contributed by atoms with Crippen LogP contribution in [0.4, 0.5) is 11.4 Å². The first kappa shape index (κ1) is 26.2. The van der Waals surface area contributed by atoms with Gasteiger partial charge in [0.25, 0.3) is 0 Å². The summed E-state index contributed by atoms with van der Waals surface area (Å²) < 4.78 is 6.32. The van der Waals surface area contributed by atoms with Crippen molar-refractivity contribution in [3.8, 4) is 11.9 Å². The van der Waals surface area contributed by atoms with Crippen molar-refractivity contribution < 1.29 is 9.53 Å². The van der Waals surface area contributed by atoms with Crippen LogP contribution in [0.25, 0.3) is 0 Å². The first-order valence-electron chi connectivity index (χ1n) is 13.5. The van der Waals surface area contributed by atoms with E-state index in [0.29, 0.717) is 40.7 Å². The predicted molar refractivity (Wildman–Crippen MR) is 153 cm³/mol. The molecular formula is C29H32Cl2N6O2. The van der Waals surface area contributed by atoms with Gasteiger partial charge in [-0.15, -0.1) is 0 Å². The van der Waals surface area contributed by atoms with Crippen molar-refractivity contribution in [2.75, 3.05) is 62.7 Å². The molecule has 1 amide bonds. The lowest BCUT2D eigenvalue weighted by atomic mass is 9.72. The van der Waals surface area contributed by atoms with Crippen LogP contribution < -0.4 is 14.5 Å². The van der Waals surface area contributed by atoms with E-state index in [4.69, 9.17) is 32.9 Å². The fourth-order valence-corrected chi connectivity index (χ4v) is 6.98. The van der Waals surface area contributed by atoms with E-state index in [9.17, 15) is 10.1 Å². The monoisotopic (exact) mass is 566 g/mol. The highest BCUT2D eigenvalue weighted by molar-refractivity contribution is 6.43. The van der Waals surface area contributed by atoms with Gasteiger partial charge in [0.15, 0.2) is 0 Å². The number of carbonyl (C=O) groups excluding carboxylic acids is 1. The molecule has 204 valence electrons. The molecule has 4 aliphatic heterocycles. The lowest BCUT2D eigenvalue weighted by Gasteiger charge is -2.61. The van der Waals surface area contributed by atoms with Gasteiger partial charge in [0, 0.05) is 49.7 Å². The fraction of sp³-hybridized carbons (Fsp3) is 0.483. The minimum atomic E-state index is -0.0228. The quantitative estimate of drug-likeness (QED) is 0.486. The molecule has 8 nitrogen and oxygen atoms in total. The van der Waals surface area contributed by atoms with Gasteiger partial charge in [-0.2, -0.15) is 5.26 Å². The number of ether oxygens (including phenoxy) is 1. The Morgan fingerprint density at radius 3 is 2.74 bits per heavy atom. The summed E-state index contributed by atoms with van der Waals surface area (Å²) in [5, 5.41) is 11.4. The van der Waals surface area contributed by atoms with Crippen molar-refractivity contribution in [2.24, 2.45) is 5.41 Å². The highest BCUT2D eigenvalue weighted by Gasteiger charge is 2.54. The molecule has 3 saturated heterocycles. The molecule has 4 aliphatic rings. The Morgan fingerprint density at radius 2 is 2.05 bits per heavy atom. The van der Waals surface area contributed by atoms with Gasteiger partial charge in [0.2, 0.25) is 11.8 Å². The Labute approximate surface area is 239 Å². The normalized spacial score (nSPS) is 21.7. The van der Waals surface area contributed by atoms with E-state index in [2.05, 4.69) is 34.4 Å². The number of likely N-dealkylation sites (tertiary alicyclic amines) is 2. The molecule has 6 rings (SSSR count). The average Bonchev–Trinajstić information content (AvgIpc) is 3.30. The van der Waals surface area contributed by atoms with E-state index in [-0.39, 0.29) is 11.3 Å². The Kier molecular flexibility index (Phi) is 6.86. The largest absolute Gasteiger partial charge is 0.475 e. The molecule has 0 bridgehead atoms. The summed E-state index contributed by atoms with van der Waals surface area (Å²) in [6, 6.07) is 8.42. The number of carbonyl (C=O) groups is 1. The molecule has 1 aromatic carbocycles. The third kappa shape index (κ3) is 4.61. The molecule has 0 N–H and O–H groups in total. The van der Waals surface area contributed by atoms with Gasteiger partial charge in [0.05, 0.1) is 33.7 Å². The van der Waals surface area contributed by atoms with E-state index in [0.717, 1.165) is 81.2 Å². The minimum absolute atomic E-state index is 0.0228. The molecule has 1 aromatic heterocycles. The highest BCUT2D eigenvalue weighted by Crippen LogP contribution is 2.47. The van der Waals surface area contributed by atoms with Gasteiger partial charge < -0.3 is 24.3 Å². The van der Waals surface area contributed by atoms with Crippen molar-refractivity contribution in [3.05, 3.63) is 57.7 Å². The van der Waals surface area contributed by atoms with Crippen LogP contribution in [0.2, 0.25) is 10.0 Å². The van der Waals surface area contributed by atoms with Crippen molar-refractivity contribution in [2.45, 2.75) is 31.8 Å². The summed E-state index contributed by atoms with van der Waals surface area (Å²) in [5.74, 6) is 0.383. The summed E-state index contributed by atoms with van der Waals surface area (Å²) in [4.78, 5) is 25.6. The number of halogens is 2. The van der Waals surface area contributed by atoms with Gasteiger partial charge in [-0.25, -0.2) is 4.98 Å². The van der Waals surface area contributed by atoms with E-state index < -0.39 is 0 Å². The van der Waals surface area contributed by atoms with E-state index >= 15 is 0 Å². The van der Waals surface area contributed by atoms with E-state index in [1.54, 1.807) is 6.07 Å². The average molecular weight is 568 g/mol. The molecule has 0 radical (unpaired) electrons. The zero-order chi connectivity index (χ0) is 27.3. The second kappa shape index (κ2) is 10.2. The zero-order valence-corrected chi connectivity index (χ0v) is 23.6. The maximum absolute atomic E-state index is 12.0. The van der Waals surface area contributed by atoms with Crippen LogP contribution in [-0.2, 0) is 17.8 Å². The SMILES string of the molecule is C=CC(=O)N1CC2(C1)CN(c1c(C#N)c(OC[C@@H]3CCCN3C)nc3c1CCN(c1cccc(Cl)c1Cl)C3)C2. The Morgan fingerprint density at radius 1 is 1.26 bits per heavy atom. The standard InChI is InChI=1S/C29H32Cl2N6O2/c1-3-25(38)36-15-29(16-36)17-37(18-29)27-20-9-11-35(24-8-4-7-22(30)26(24)31)13-23(20)33-28(21(27)12-32)39-14-19-6-5-10-34(19)2/h3-4,7-8,19H,1,5-6,9-11,13-18H2,2H3/t19-/m0/s1. The maximum atomic E-state index is 12.0. The van der Waals surface area contributed by atoms with E-state index in [1.807, 2.05) is 17.0 Å². The number of nitriles is 1. The first-order chi connectivity index (χ1) is 18.8. The topological polar surface area (TPSA) is 75.9 Å². The summed E-state index contributed by atoms with van der Waals surface area (Å²) in [5.41, 5.74) is 4.40. The summed E-state index contributed by atoms with van der Waals surface area (Å²) in [6.45, 7) is 9.50. The maximum Gasteiger partial charge on any atom is 0.245 e. The summed E-state index contributed by atoms with van der Waals surface area (Å²) in [7, 11) is 2.11. The number of aromatic nitrogens is 1. The number of pyridine rings is 1. The van der Waals surface area contributed by atoms with Crippen LogP contribution in [0.1, 0.15) is 29.7 Å². The Hall–Kier alpha value is -2.99. The molecule has 0 unspecified atom stereocenters. The number of benzene rings is 1. The number of nitrogens with zero attached hydrogens (tertiary/aromatic N) is 6. The second-order valence-electron chi connectivity index (χ2n) is 11.3. The van der Waals surface area contributed by atoms with Crippen LogP contribution in [0.3, 0.4) is 0 Å². The molecule has 2 aromatic rings. The van der Waals surface area contributed by atoms with Crippen molar-refractivity contribution in [1.29, 1.82) is 5.26 Å². The van der Waals surface area contributed by atoms with Crippen LogP contribution >= 0.6 is 23.2 Å². The smallest absolute Gasteiger partial charge is 0.245 e. The van der Waals surface area contributed by atoms with Gasteiger partial charge in [-0.1, -0.05) is 35.8 Å². The molecule has 10 heteroatoms. The Balaban J connectivity index is 1.31. The van der Waals surface area contributed by atoms with Crippen LogP contribution in [0, 0.1) is 16.7 Å². The number of likely N-dealkylation sites (N-methyl/N-ethyl adjacent to an activating group) is 1. The molecule has 1 spiro atoms. The van der Waals surface area contributed by atoms with Crippen molar-refractivity contribution in [1.82, 2.24) is 14.8 Å². The number of fused-ring (bicyclic) bond motifs is 1. The molecule has 0 saturated carbocycles. The number of rotatable bonds is 6. The number of hydrogen-bond donors (Lipinski definition) is 0. The van der Waals surface area contributed by atoms with Crippen molar-refractivity contribution >= 4 is 40.5 Å². The number of anilines is 2. The van der Waals surface area contributed by atoms with Gasteiger partial charge in [-0.3, -0.25) is 4.79 Å². The molecule has 5 heterocycles. The lowest BCUT2D eigenvalue weighted by Crippen LogP contribution is -2.73. The molecule has 1 atom stereocenters. The predicted octanol–water partition coefficient (Wildman–Crippen LogP) is 4.13. The third-order valence-corrected chi connectivity index (χ3v) is 9.48. The van der Waals surface area contributed by atoms with Gasteiger partial charge in [-0.05, 0) is 51.1 Å². The van der Waals surface area contributed by atoms with Crippen LogP contribution in [-0.4, -0.2) is 79.7 Å². The van der Waals surface area contributed by atoms with E-state index in [1.165, 1.54) is 6.08 Å². The Bertz CT molecular complexity index is 1360. The minimum Gasteiger partial charge on any atom is -0.475 e. The zero-order valence-electron chi connectivity index (χ0n) is 22.1. The highest BCUT2D eigenvalue weighted by atomic mass is 35.5. The molecule has 3 fully saturated rings. The number of amides is 1. The van der Waals surface area contributed by atoms with Gasteiger partial charge >= 0.3 is 0 Å². The summed E-state index contributed by atoms with van der Waals surface area (Å²) in [6.07, 6.45) is 4.33. The van der Waals surface area contributed by atoms with Crippen LogP contribution in [0.5, 0.6) is 5.88 Å². The molecular weight excluding hydrogens is 535 g/mol.